The van der Waals surface area contributed by atoms with Gasteiger partial charge in [0.05, 0.1) is 18.0 Å². The van der Waals surface area contributed by atoms with Crippen molar-refractivity contribution in [2.75, 3.05) is 13.2 Å². The molecule has 0 amide bonds. The van der Waals surface area contributed by atoms with E-state index in [4.69, 9.17) is 15.6 Å². The summed E-state index contributed by atoms with van der Waals surface area (Å²) < 4.78 is 6.04. The molecule has 0 heterocycles. The molecule has 0 unspecified atom stereocenters. The van der Waals surface area contributed by atoms with Crippen molar-refractivity contribution in [1.82, 2.24) is 5.32 Å². The molecule has 0 aliphatic carbocycles. The largest absolute Gasteiger partial charge is 0.415 e. The molecule has 0 aliphatic heterocycles. The topological polar surface area (TPSA) is 71.1 Å². The molecule has 0 fully saturated rings. The summed E-state index contributed by atoms with van der Waals surface area (Å²) >= 11 is 0. The van der Waals surface area contributed by atoms with Crippen molar-refractivity contribution in [3.63, 3.8) is 0 Å². The summed E-state index contributed by atoms with van der Waals surface area (Å²) in [5.74, 6) is 0. The van der Waals surface area contributed by atoms with Crippen molar-refractivity contribution < 1.29 is 4.43 Å². The second-order valence-electron chi connectivity index (χ2n) is 6.20. The number of hydrogen-bond donors (Lipinski definition) is 3. The Kier molecular flexibility index (Phi) is 6.09. The number of hydrogen-bond acceptors (Lipinski definition) is 4. The van der Waals surface area contributed by atoms with Gasteiger partial charge in [0, 0.05) is 12.2 Å². The van der Waals surface area contributed by atoms with Gasteiger partial charge in [0.1, 0.15) is 0 Å². The molecular formula is C13H29N3OSi. The normalized spacial score (nSPS) is 14.2. The lowest BCUT2D eigenvalue weighted by Crippen LogP contribution is -2.42. The molecule has 0 aromatic rings. The average Bonchev–Trinajstić information content (AvgIpc) is 2.21. The highest BCUT2D eigenvalue weighted by Crippen LogP contribution is 2.36. The van der Waals surface area contributed by atoms with E-state index in [0.29, 0.717) is 18.0 Å². The van der Waals surface area contributed by atoms with E-state index in [-0.39, 0.29) is 5.04 Å². The first-order valence-electron chi connectivity index (χ1n) is 6.39. The van der Waals surface area contributed by atoms with Gasteiger partial charge in [-0.25, -0.2) is 0 Å². The second-order valence-corrected chi connectivity index (χ2v) is 11.0. The molecule has 18 heavy (non-hydrogen) atoms. The van der Waals surface area contributed by atoms with E-state index in [1.165, 1.54) is 0 Å². The van der Waals surface area contributed by atoms with Crippen LogP contribution in [0.4, 0.5) is 0 Å². The van der Waals surface area contributed by atoms with Gasteiger partial charge in [0.15, 0.2) is 8.32 Å². The van der Waals surface area contributed by atoms with Gasteiger partial charge in [0.2, 0.25) is 0 Å². The van der Waals surface area contributed by atoms with Crippen LogP contribution < -0.4 is 11.1 Å². The Balaban J connectivity index is 4.17. The zero-order valence-electron chi connectivity index (χ0n) is 12.9. The minimum atomic E-state index is -1.66. The van der Waals surface area contributed by atoms with Crippen LogP contribution in [0, 0.1) is 5.41 Å². The Hall–Kier alpha value is -0.813. The molecule has 0 aromatic heterocycles. The van der Waals surface area contributed by atoms with Crippen LogP contribution in [0.2, 0.25) is 18.1 Å². The molecule has 106 valence electrons. The molecule has 0 rings (SSSR count). The molecular weight excluding hydrogens is 242 g/mol. The van der Waals surface area contributed by atoms with Crippen LogP contribution in [-0.2, 0) is 4.43 Å². The molecule has 0 radical (unpaired) electrons. The minimum absolute atomic E-state index is 0.239. The second kappa shape index (κ2) is 6.38. The van der Waals surface area contributed by atoms with Gasteiger partial charge in [-0.05, 0) is 32.0 Å². The monoisotopic (exact) mass is 271 g/mol. The van der Waals surface area contributed by atoms with Gasteiger partial charge >= 0.3 is 0 Å². The number of nitrogens with two attached hydrogens (primary N) is 1. The van der Waals surface area contributed by atoms with Crippen molar-refractivity contribution >= 4 is 14.0 Å². The maximum atomic E-state index is 7.44. The van der Waals surface area contributed by atoms with Crippen LogP contribution in [0.5, 0.6) is 0 Å². The Morgan fingerprint density at radius 1 is 1.28 bits per heavy atom. The van der Waals surface area contributed by atoms with Crippen molar-refractivity contribution in [1.29, 1.82) is 5.41 Å². The van der Waals surface area contributed by atoms with Gasteiger partial charge in [-0.2, -0.15) is 0 Å². The van der Waals surface area contributed by atoms with Crippen molar-refractivity contribution in [2.45, 2.75) is 52.8 Å². The summed E-state index contributed by atoms with van der Waals surface area (Å²) in [6.45, 7) is 16.2. The van der Waals surface area contributed by atoms with E-state index in [0.717, 1.165) is 12.2 Å². The van der Waals surface area contributed by atoms with Crippen molar-refractivity contribution in [3.05, 3.63) is 11.4 Å². The minimum Gasteiger partial charge on any atom is -0.415 e. The Bertz CT molecular complexity index is 330. The predicted molar refractivity (Wildman–Crippen MR) is 81.4 cm³/mol. The molecule has 0 saturated carbocycles. The van der Waals surface area contributed by atoms with Crippen molar-refractivity contribution in [2.24, 2.45) is 5.73 Å². The summed E-state index contributed by atoms with van der Waals surface area (Å²) in [4.78, 5) is 0. The molecule has 0 aromatic carbocycles. The third kappa shape index (κ3) is 5.22. The first-order valence-corrected chi connectivity index (χ1v) is 9.29. The SMILES string of the molecule is CC(=N)/C(N)=C(/C)NCCO[Si](C)(C)C(C)(C)C. The number of allylic oxidation sites excluding steroid dienone is 2. The molecule has 0 aliphatic rings. The zero-order valence-corrected chi connectivity index (χ0v) is 13.9. The van der Waals surface area contributed by atoms with Gasteiger partial charge in [0.25, 0.3) is 0 Å². The van der Waals surface area contributed by atoms with Crippen LogP contribution in [0.15, 0.2) is 11.4 Å². The standard InChI is InChI=1S/C13H29N3OSi/c1-10(14)12(15)11(2)16-8-9-17-18(6,7)13(3,4)5/h14,16H,8-9,15H2,1-7H3/b12-11+,14-10?. The summed E-state index contributed by atoms with van der Waals surface area (Å²) in [7, 11) is -1.66. The average molecular weight is 271 g/mol. The van der Waals surface area contributed by atoms with Crippen LogP contribution in [0.3, 0.4) is 0 Å². The van der Waals surface area contributed by atoms with Gasteiger partial charge in [-0.1, -0.05) is 20.8 Å². The first-order chi connectivity index (χ1) is 7.99. The Morgan fingerprint density at radius 2 is 1.78 bits per heavy atom. The third-order valence-corrected chi connectivity index (χ3v) is 8.11. The van der Waals surface area contributed by atoms with Crippen LogP contribution >= 0.6 is 0 Å². The maximum Gasteiger partial charge on any atom is 0.192 e. The summed E-state index contributed by atoms with van der Waals surface area (Å²) in [6.07, 6.45) is 0. The Labute approximate surface area is 113 Å². The predicted octanol–water partition coefficient (Wildman–Crippen LogP) is 2.83. The lowest BCUT2D eigenvalue weighted by atomic mass is 10.2. The van der Waals surface area contributed by atoms with Crippen molar-refractivity contribution in [3.8, 4) is 0 Å². The third-order valence-electron chi connectivity index (χ3n) is 3.57. The molecule has 4 N–H and O–H groups in total. The fourth-order valence-electron chi connectivity index (χ4n) is 1.14. The quantitative estimate of drug-likeness (QED) is 0.395. The van der Waals surface area contributed by atoms with E-state index >= 15 is 0 Å². The fourth-order valence-corrected chi connectivity index (χ4v) is 2.18. The molecule has 5 heteroatoms. The molecule has 0 spiro atoms. The van der Waals surface area contributed by atoms with Gasteiger partial charge in [-0.3, -0.25) is 0 Å². The van der Waals surface area contributed by atoms with Gasteiger partial charge in [-0.15, -0.1) is 0 Å². The lowest BCUT2D eigenvalue weighted by Gasteiger charge is -2.36. The highest BCUT2D eigenvalue weighted by atomic mass is 28.4. The number of rotatable bonds is 6. The Morgan fingerprint density at radius 3 is 2.17 bits per heavy atom. The molecule has 4 nitrogen and oxygen atoms in total. The van der Waals surface area contributed by atoms with E-state index < -0.39 is 8.32 Å². The summed E-state index contributed by atoms with van der Waals surface area (Å²) in [6, 6.07) is 0. The highest BCUT2D eigenvalue weighted by Gasteiger charge is 2.36. The smallest absolute Gasteiger partial charge is 0.192 e. The maximum absolute atomic E-state index is 7.44. The molecule has 0 bridgehead atoms. The number of nitrogens with one attached hydrogen (secondary N) is 2. The molecule has 0 atom stereocenters. The first kappa shape index (κ1) is 17.2. The zero-order chi connectivity index (χ0) is 14.6. The summed E-state index contributed by atoms with van der Waals surface area (Å²) in [5.41, 5.74) is 7.52. The fraction of sp³-hybridized carbons (Fsp3) is 0.769. The molecule has 0 saturated heterocycles. The van der Waals surface area contributed by atoms with E-state index in [2.05, 4.69) is 39.2 Å². The van der Waals surface area contributed by atoms with E-state index in [1.807, 2.05) is 6.92 Å². The summed E-state index contributed by atoms with van der Waals surface area (Å²) in [5, 5.41) is 10.9. The van der Waals surface area contributed by atoms with Crippen LogP contribution in [0.25, 0.3) is 0 Å². The highest BCUT2D eigenvalue weighted by molar-refractivity contribution is 6.74. The van der Waals surface area contributed by atoms with Gasteiger partial charge < -0.3 is 20.9 Å². The lowest BCUT2D eigenvalue weighted by molar-refractivity contribution is 0.290. The van der Waals surface area contributed by atoms with Crippen LogP contribution in [0.1, 0.15) is 34.6 Å². The van der Waals surface area contributed by atoms with E-state index in [9.17, 15) is 0 Å². The van der Waals surface area contributed by atoms with E-state index in [1.54, 1.807) is 6.92 Å². The van der Waals surface area contributed by atoms with Crippen LogP contribution in [-0.4, -0.2) is 27.2 Å².